The van der Waals surface area contributed by atoms with Gasteiger partial charge in [-0.3, -0.25) is 0 Å². The van der Waals surface area contributed by atoms with E-state index < -0.39 is 0 Å². The van der Waals surface area contributed by atoms with Crippen LogP contribution in [0.3, 0.4) is 0 Å². The fourth-order valence-corrected chi connectivity index (χ4v) is 2.38. The standard InChI is InChI=1S/C16H18N4O/c1-16(2,3)15-18-14(21-19-15)12-9-20(10-12)13-7-5-4-6-11(13)8-17/h4-7,12H,9-10H2,1-3H3. The van der Waals surface area contributed by atoms with Crippen molar-refractivity contribution in [2.45, 2.75) is 32.1 Å². The van der Waals surface area contributed by atoms with Crippen molar-refractivity contribution in [1.82, 2.24) is 10.1 Å². The molecule has 21 heavy (non-hydrogen) atoms. The summed E-state index contributed by atoms with van der Waals surface area (Å²) in [6.45, 7) is 7.82. The van der Waals surface area contributed by atoms with Crippen LogP contribution in [-0.2, 0) is 5.41 Å². The van der Waals surface area contributed by atoms with E-state index in [4.69, 9.17) is 9.78 Å². The summed E-state index contributed by atoms with van der Waals surface area (Å²) < 4.78 is 5.38. The number of para-hydroxylation sites is 1. The summed E-state index contributed by atoms with van der Waals surface area (Å²) in [5.74, 6) is 1.69. The molecule has 0 saturated carbocycles. The van der Waals surface area contributed by atoms with Crippen LogP contribution in [0.25, 0.3) is 0 Å². The molecule has 5 nitrogen and oxygen atoms in total. The Morgan fingerprint density at radius 1 is 1.29 bits per heavy atom. The minimum Gasteiger partial charge on any atom is -0.369 e. The zero-order chi connectivity index (χ0) is 15.0. The second-order valence-electron chi connectivity index (χ2n) is 6.44. The molecule has 0 spiro atoms. The molecule has 1 aromatic carbocycles. The molecule has 1 aliphatic heterocycles. The predicted molar refractivity (Wildman–Crippen MR) is 79.1 cm³/mol. The Morgan fingerprint density at radius 2 is 2.00 bits per heavy atom. The first-order valence-electron chi connectivity index (χ1n) is 7.07. The van der Waals surface area contributed by atoms with Gasteiger partial charge in [-0.2, -0.15) is 10.2 Å². The molecule has 1 saturated heterocycles. The molecule has 2 aromatic rings. The number of rotatable bonds is 2. The highest BCUT2D eigenvalue weighted by molar-refractivity contribution is 5.61. The summed E-state index contributed by atoms with van der Waals surface area (Å²) in [6, 6.07) is 9.88. The maximum Gasteiger partial charge on any atom is 0.233 e. The normalized spacial score (nSPS) is 15.6. The lowest BCUT2D eigenvalue weighted by Gasteiger charge is -2.39. The van der Waals surface area contributed by atoms with Crippen LogP contribution in [0, 0.1) is 11.3 Å². The van der Waals surface area contributed by atoms with Gasteiger partial charge in [-0.05, 0) is 12.1 Å². The molecule has 0 amide bonds. The van der Waals surface area contributed by atoms with E-state index in [9.17, 15) is 0 Å². The second-order valence-corrected chi connectivity index (χ2v) is 6.44. The minimum absolute atomic E-state index is 0.0986. The van der Waals surface area contributed by atoms with Crippen molar-refractivity contribution in [3.63, 3.8) is 0 Å². The fraction of sp³-hybridized carbons (Fsp3) is 0.438. The van der Waals surface area contributed by atoms with Crippen molar-refractivity contribution >= 4 is 5.69 Å². The van der Waals surface area contributed by atoms with E-state index >= 15 is 0 Å². The van der Waals surface area contributed by atoms with E-state index in [0.29, 0.717) is 11.5 Å². The van der Waals surface area contributed by atoms with Crippen LogP contribution in [0.2, 0.25) is 0 Å². The van der Waals surface area contributed by atoms with Gasteiger partial charge in [-0.15, -0.1) is 0 Å². The third-order valence-electron chi connectivity index (χ3n) is 3.71. The third kappa shape index (κ3) is 2.49. The van der Waals surface area contributed by atoms with Gasteiger partial charge in [0.2, 0.25) is 5.89 Å². The quantitative estimate of drug-likeness (QED) is 0.847. The lowest BCUT2D eigenvalue weighted by atomic mass is 9.95. The number of hydrogen-bond donors (Lipinski definition) is 0. The monoisotopic (exact) mass is 282 g/mol. The number of anilines is 1. The highest BCUT2D eigenvalue weighted by Crippen LogP contribution is 2.33. The SMILES string of the molecule is CC(C)(C)c1noc(C2CN(c3ccccc3C#N)C2)n1. The summed E-state index contributed by atoms with van der Waals surface area (Å²) in [5.41, 5.74) is 1.59. The molecule has 0 radical (unpaired) electrons. The molecular formula is C16H18N4O. The van der Waals surface area contributed by atoms with E-state index in [0.717, 1.165) is 24.6 Å². The van der Waals surface area contributed by atoms with Gasteiger partial charge in [0.05, 0.1) is 17.2 Å². The van der Waals surface area contributed by atoms with Crippen molar-refractivity contribution in [3.8, 4) is 6.07 Å². The molecule has 0 bridgehead atoms. The number of hydrogen-bond acceptors (Lipinski definition) is 5. The molecule has 0 aliphatic carbocycles. The highest BCUT2D eigenvalue weighted by Gasteiger charge is 2.34. The van der Waals surface area contributed by atoms with Crippen LogP contribution in [0.4, 0.5) is 5.69 Å². The maximum atomic E-state index is 9.15. The van der Waals surface area contributed by atoms with Crippen LogP contribution < -0.4 is 4.90 Å². The Morgan fingerprint density at radius 3 is 2.62 bits per heavy atom. The van der Waals surface area contributed by atoms with Crippen molar-refractivity contribution < 1.29 is 4.52 Å². The largest absolute Gasteiger partial charge is 0.369 e. The van der Waals surface area contributed by atoms with Crippen LogP contribution in [0.1, 0.15) is 44.0 Å². The molecule has 0 atom stereocenters. The first kappa shape index (κ1) is 13.6. The Hall–Kier alpha value is -2.35. The Bertz CT molecular complexity index is 687. The van der Waals surface area contributed by atoms with E-state index in [1.807, 2.05) is 24.3 Å². The maximum absolute atomic E-state index is 9.15. The van der Waals surface area contributed by atoms with Crippen LogP contribution in [0.5, 0.6) is 0 Å². The lowest BCUT2D eigenvalue weighted by Crippen LogP contribution is -2.45. The molecule has 1 aromatic heterocycles. The van der Waals surface area contributed by atoms with E-state index in [1.165, 1.54) is 0 Å². The van der Waals surface area contributed by atoms with Crippen molar-refractivity contribution in [1.29, 1.82) is 5.26 Å². The summed E-state index contributed by atoms with van der Waals surface area (Å²) in [5, 5.41) is 13.2. The molecular weight excluding hydrogens is 264 g/mol. The first-order chi connectivity index (χ1) is 9.99. The number of aromatic nitrogens is 2. The summed E-state index contributed by atoms with van der Waals surface area (Å²) in [7, 11) is 0. The van der Waals surface area contributed by atoms with Crippen molar-refractivity contribution in [3.05, 3.63) is 41.5 Å². The van der Waals surface area contributed by atoms with Gasteiger partial charge < -0.3 is 9.42 Å². The van der Waals surface area contributed by atoms with Gasteiger partial charge in [0.25, 0.3) is 0 Å². The molecule has 2 heterocycles. The van der Waals surface area contributed by atoms with Gasteiger partial charge in [0.1, 0.15) is 6.07 Å². The number of nitriles is 1. The van der Waals surface area contributed by atoms with E-state index in [2.05, 4.69) is 41.9 Å². The highest BCUT2D eigenvalue weighted by atomic mass is 16.5. The summed E-state index contributed by atoms with van der Waals surface area (Å²) >= 11 is 0. The van der Waals surface area contributed by atoms with Crippen LogP contribution in [0.15, 0.2) is 28.8 Å². The van der Waals surface area contributed by atoms with Gasteiger partial charge in [0.15, 0.2) is 5.82 Å². The zero-order valence-electron chi connectivity index (χ0n) is 12.5. The number of benzene rings is 1. The molecule has 3 rings (SSSR count). The lowest BCUT2D eigenvalue weighted by molar-refractivity contribution is 0.322. The van der Waals surface area contributed by atoms with Crippen LogP contribution >= 0.6 is 0 Å². The van der Waals surface area contributed by atoms with Crippen molar-refractivity contribution in [2.24, 2.45) is 0 Å². The average molecular weight is 282 g/mol. The Kier molecular flexibility index (Phi) is 3.17. The zero-order valence-corrected chi connectivity index (χ0v) is 12.5. The average Bonchev–Trinajstić information content (AvgIpc) is 2.87. The molecule has 1 fully saturated rings. The molecule has 108 valence electrons. The Labute approximate surface area is 124 Å². The molecule has 0 unspecified atom stereocenters. The number of nitrogens with zero attached hydrogens (tertiary/aromatic N) is 4. The minimum atomic E-state index is -0.0986. The van der Waals surface area contributed by atoms with Gasteiger partial charge in [0, 0.05) is 18.5 Å². The second kappa shape index (κ2) is 4.88. The van der Waals surface area contributed by atoms with Crippen molar-refractivity contribution in [2.75, 3.05) is 18.0 Å². The van der Waals surface area contributed by atoms with Gasteiger partial charge >= 0.3 is 0 Å². The van der Waals surface area contributed by atoms with Crippen LogP contribution in [-0.4, -0.2) is 23.2 Å². The summed E-state index contributed by atoms with van der Waals surface area (Å²) in [4.78, 5) is 6.68. The van der Waals surface area contributed by atoms with Gasteiger partial charge in [-0.1, -0.05) is 38.1 Å². The smallest absolute Gasteiger partial charge is 0.233 e. The Balaban J connectivity index is 1.71. The van der Waals surface area contributed by atoms with E-state index in [1.54, 1.807) is 0 Å². The first-order valence-corrected chi connectivity index (χ1v) is 7.07. The fourth-order valence-electron chi connectivity index (χ4n) is 2.38. The molecule has 0 N–H and O–H groups in total. The van der Waals surface area contributed by atoms with E-state index in [-0.39, 0.29) is 11.3 Å². The summed E-state index contributed by atoms with van der Waals surface area (Å²) in [6.07, 6.45) is 0. The molecule has 5 heteroatoms. The predicted octanol–water partition coefficient (Wildman–Crippen LogP) is 2.84. The topological polar surface area (TPSA) is 66.0 Å². The van der Waals surface area contributed by atoms with Gasteiger partial charge in [-0.25, -0.2) is 0 Å². The third-order valence-corrected chi connectivity index (χ3v) is 3.71. The molecule has 1 aliphatic rings.